The van der Waals surface area contributed by atoms with E-state index in [9.17, 15) is 5.11 Å². The van der Waals surface area contributed by atoms with E-state index in [1.165, 1.54) is 0 Å². The number of phenols is 1. The molecule has 4 nitrogen and oxygen atoms in total. The van der Waals surface area contributed by atoms with Crippen molar-refractivity contribution in [1.29, 1.82) is 0 Å². The van der Waals surface area contributed by atoms with Crippen LogP contribution in [-0.4, -0.2) is 48.2 Å². The minimum absolute atomic E-state index is 0.302. The number of nitrogens with zero attached hydrogens (tertiary/aromatic N) is 3. The van der Waals surface area contributed by atoms with E-state index < -0.39 is 0 Å². The van der Waals surface area contributed by atoms with Gasteiger partial charge in [0.15, 0.2) is 0 Å². The van der Waals surface area contributed by atoms with E-state index in [2.05, 4.69) is 21.8 Å². The number of pyridine rings is 1. The van der Waals surface area contributed by atoms with E-state index in [-0.39, 0.29) is 0 Å². The Morgan fingerprint density at radius 1 is 1.17 bits per heavy atom. The predicted molar refractivity (Wildman–Crippen MR) is 73.1 cm³/mol. The van der Waals surface area contributed by atoms with Gasteiger partial charge in [-0.15, -0.1) is 0 Å². The maximum absolute atomic E-state index is 9.87. The molecule has 1 aliphatic rings. The van der Waals surface area contributed by atoms with Gasteiger partial charge in [-0.25, -0.2) is 0 Å². The lowest BCUT2D eigenvalue weighted by Crippen LogP contribution is -2.44. The number of aromatic nitrogens is 1. The van der Waals surface area contributed by atoms with Crippen LogP contribution in [0.3, 0.4) is 0 Å². The van der Waals surface area contributed by atoms with E-state index in [1.54, 1.807) is 6.07 Å². The first-order valence-electron chi connectivity index (χ1n) is 6.25. The zero-order valence-corrected chi connectivity index (χ0v) is 10.5. The molecule has 1 aliphatic heterocycles. The molecule has 4 heteroatoms. The maximum atomic E-state index is 9.87. The third-order valence-corrected chi connectivity index (χ3v) is 3.56. The molecule has 94 valence electrons. The standard InChI is InChI=1S/C14H17N3O/c1-16-5-7-17(8-6-16)11-9-12-13(15-10-11)3-2-4-14(12)18/h2-4,9-10,18H,5-8H2,1H3. The fraction of sp³-hybridized carbons (Fsp3) is 0.357. The zero-order valence-electron chi connectivity index (χ0n) is 10.5. The Kier molecular flexibility index (Phi) is 2.80. The van der Waals surface area contributed by atoms with Crippen LogP contribution in [0, 0.1) is 0 Å². The lowest BCUT2D eigenvalue weighted by Gasteiger charge is -2.33. The Morgan fingerprint density at radius 3 is 2.72 bits per heavy atom. The summed E-state index contributed by atoms with van der Waals surface area (Å²) >= 11 is 0. The van der Waals surface area contributed by atoms with Gasteiger partial charge in [-0.05, 0) is 25.2 Å². The van der Waals surface area contributed by atoms with Gasteiger partial charge in [0.2, 0.25) is 0 Å². The van der Waals surface area contributed by atoms with Crippen molar-refractivity contribution in [3.05, 3.63) is 30.5 Å². The average molecular weight is 243 g/mol. The summed E-state index contributed by atoms with van der Waals surface area (Å²) in [6.07, 6.45) is 1.90. The van der Waals surface area contributed by atoms with E-state index >= 15 is 0 Å². The Hall–Kier alpha value is -1.81. The summed E-state index contributed by atoms with van der Waals surface area (Å²) in [5.41, 5.74) is 1.94. The Labute approximate surface area is 106 Å². The third-order valence-electron chi connectivity index (χ3n) is 3.56. The molecule has 3 rings (SSSR count). The number of fused-ring (bicyclic) bond motifs is 1. The molecule has 0 aliphatic carbocycles. The van der Waals surface area contributed by atoms with Gasteiger partial charge in [0.25, 0.3) is 0 Å². The molecule has 0 spiro atoms. The van der Waals surface area contributed by atoms with Crippen molar-refractivity contribution in [3.8, 4) is 5.75 Å². The number of aromatic hydroxyl groups is 1. The molecule has 2 aromatic rings. The minimum atomic E-state index is 0.302. The second-order valence-electron chi connectivity index (χ2n) is 4.83. The number of hydrogen-bond acceptors (Lipinski definition) is 4. The monoisotopic (exact) mass is 243 g/mol. The first-order chi connectivity index (χ1) is 8.74. The molecule has 1 N–H and O–H groups in total. The molecule has 0 atom stereocenters. The van der Waals surface area contributed by atoms with Crippen molar-refractivity contribution in [3.63, 3.8) is 0 Å². The number of phenolic OH excluding ortho intramolecular Hbond substituents is 1. The van der Waals surface area contributed by atoms with Crippen LogP contribution in [-0.2, 0) is 0 Å². The molecule has 0 saturated carbocycles. The van der Waals surface area contributed by atoms with Gasteiger partial charge in [-0.3, -0.25) is 4.98 Å². The van der Waals surface area contributed by atoms with Gasteiger partial charge in [0.05, 0.1) is 17.4 Å². The molecule has 1 aromatic heterocycles. The van der Waals surface area contributed by atoms with Crippen molar-refractivity contribution in [2.24, 2.45) is 0 Å². The van der Waals surface area contributed by atoms with Gasteiger partial charge in [-0.2, -0.15) is 0 Å². The quantitative estimate of drug-likeness (QED) is 0.827. The first-order valence-corrected chi connectivity index (χ1v) is 6.25. The van der Waals surface area contributed by atoms with E-state index in [0.29, 0.717) is 5.75 Å². The number of anilines is 1. The van der Waals surface area contributed by atoms with Crippen molar-refractivity contribution in [2.45, 2.75) is 0 Å². The fourth-order valence-corrected chi connectivity index (χ4v) is 2.36. The van der Waals surface area contributed by atoms with Gasteiger partial charge < -0.3 is 14.9 Å². The second kappa shape index (κ2) is 4.46. The fourth-order valence-electron chi connectivity index (χ4n) is 2.36. The number of piperazine rings is 1. The summed E-state index contributed by atoms with van der Waals surface area (Å²) in [6, 6.07) is 7.48. The Morgan fingerprint density at radius 2 is 1.94 bits per heavy atom. The summed E-state index contributed by atoms with van der Waals surface area (Å²) < 4.78 is 0. The predicted octanol–water partition coefficient (Wildman–Crippen LogP) is 1.69. The minimum Gasteiger partial charge on any atom is -0.507 e. The van der Waals surface area contributed by atoms with Crippen LogP contribution in [0.25, 0.3) is 10.9 Å². The van der Waals surface area contributed by atoms with Crippen molar-refractivity contribution in [2.75, 3.05) is 38.1 Å². The normalized spacial score (nSPS) is 17.3. The average Bonchev–Trinajstić information content (AvgIpc) is 2.40. The molecule has 0 unspecified atom stereocenters. The molecular formula is C14H17N3O. The van der Waals surface area contributed by atoms with Crippen molar-refractivity contribution < 1.29 is 5.11 Å². The van der Waals surface area contributed by atoms with Crippen LogP contribution in [0.5, 0.6) is 5.75 Å². The highest BCUT2D eigenvalue weighted by molar-refractivity contribution is 5.87. The van der Waals surface area contributed by atoms with Crippen LogP contribution in [0.1, 0.15) is 0 Å². The highest BCUT2D eigenvalue weighted by Gasteiger charge is 2.15. The van der Waals surface area contributed by atoms with Crippen molar-refractivity contribution in [1.82, 2.24) is 9.88 Å². The van der Waals surface area contributed by atoms with Crippen LogP contribution in [0.4, 0.5) is 5.69 Å². The van der Waals surface area contributed by atoms with E-state index in [4.69, 9.17) is 0 Å². The van der Waals surface area contributed by atoms with Crippen molar-refractivity contribution >= 4 is 16.6 Å². The topological polar surface area (TPSA) is 39.6 Å². The van der Waals surface area contributed by atoms with Gasteiger partial charge in [-0.1, -0.05) is 6.07 Å². The summed E-state index contributed by atoms with van der Waals surface area (Å²) in [7, 11) is 2.14. The Bertz CT molecular complexity index is 562. The summed E-state index contributed by atoms with van der Waals surface area (Å²) in [6.45, 7) is 4.16. The molecule has 0 amide bonds. The van der Waals surface area contributed by atoms with E-state index in [0.717, 1.165) is 42.8 Å². The third kappa shape index (κ3) is 1.99. The summed E-state index contributed by atoms with van der Waals surface area (Å²) in [5.74, 6) is 0.302. The van der Waals surface area contributed by atoms with E-state index in [1.807, 2.05) is 24.4 Å². The maximum Gasteiger partial charge on any atom is 0.125 e. The molecule has 1 aromatic carbocycles. The van der Waals surface area contributed by atoms with Gasteiger partial charge >= 0.3 is 0 Å². The molecule has 18 heavy (non-hydrogen) atoms. The van der Waals surface area contributed by atoms with Gasteiger partial charge in [0.1, 0.15) is 5.75 Å². The second-order valence-corrected chi connectivity index (χ2v) is 4.83. The van der Waals surface area contributed by atoms with Crippen LogP contribution >= 0.6 is 0 Å². The molecule has 1 fully saturated rings. The molecular weight excluding hydrogens is 226 g/mol. The molecule has 0 radical (unpaired) electrons. The zero-order chi connectivity index (χ0) is 12.5. The number of rotatable bonds is 1. The lowest BCUT2D eigenvalue weighted by atomic mass is 10.1. The molecule has 2 heterocycles. The van der Waals surface area contributed by atoms with Crippen LogP contribution in [0.2, 0.25) is 0 Å². The van der Waals surface area contributed by atoms with Crippen LogP contribution in [0.15, 0.2) is 30.5 Å². The molecule has 1 saturated heterocycles. The number of likely N-dealkylation sites (N-methyl/N-ethyl adjacent to an activating group) is 1. The first kappa shape index (κ1) is 11.3. The Balaban J connectivity index is 1.95. The van der Waals surface area contributed by atoms with Crippen LogP contribution < -0.4 is 4.90 Å². The summed E-state index contributed by atoms with van der Waals surface area (Å²) in [4.78, 5) is 9.06. The summed E-state index contributed by atoms with van der Waals surface area (Å²) in [5, 5.41) is 10.7. The SMILES string of the molecule is CN1CCN(c2cnc3cccc(O)c3c2)CC1. The number of benzene rings is 1. The number of hydrogen-bond donors (Lipinski definition) is 1. The highest BCUT2D eigenvalue weighted by Crippen LogP contribution is 2.27. The largest absolute Gasteiger partial charge is 0.507 e. The van der Waals surface area contributed by atoms with Gasteiger partial charge in [0, 0.05) is 31.6 Å². The smallest absolute Gasteiger partial charge is 0.125 e. The highest BCUT2D eigenvalue weighted by atomic mass is 16.3. The molecule has 0 bridgehead atoms. The lowest BCUT2D eigenvalue weighted by molar-refractivity contribution is 0.313.